The number of benzene rings is 4. The van der Waals surface area contributed by atoms with Crippen LogP contribution in [0, 0.1) is 11.6 Å². The van der Waals surface area contributed by atoms with Crippen LogP contribution in [-0.4, -0.2) is 72.9 Å². The van der Waals surface area contributed by atoms with E-state index in [-0.39, 0.29) is 62.1 Å². The normalized spacial score (nSPS) is 18.0. The number of halogens is 5. The Balaban J connectivity index is 0.000000258. The molecule has 0 amide bonds. The summed E-state index contributed by atoms with van der Waals surface area (Å²) in [4.78, 5) is 35.1. The fourth-order valence-electron chi connectivity index (χ4n) is 9.02. The van der Waals surface area contributed by atoms with Gasteiger partial charge in [0.05, 0.1) is 53.3 Å². The smallest absolute Gasteiger partial charge is 0.550 e. The molecule has 388 valence electrons. The molecule has 4 atom stereocenters. The minimum absolute atomic E-state index is 0. The molecule has 2 saturated carbocycles. The molecule has 9 rings (SSSR count). The average molecular weight is 1400 g/mol. The van der Waals surface area contributed by atoms with Crippen LogP contribution in [0.15, 0.2) is 109 Å². The van der Waals surface area contributed by atoms with Crippen LogP contribution in [0.2, 0.25) is 0 Å². The number of esters is 1. The van der Waals surface area contributed by atoms with Crippen LogP contribution in [0.5, 0.6) is 0 Å². The first-order valence-corrected chi connectivity index (χ1v) is 32.7. The van der Waals surface area contributed by atoms with Crippen molar-refractivity contribution in [2.24, 2.45) is 0 Å². The number of aliphatic carboxylic acids is 1. The molecule has 0 spiro atoms. The summed E-state index contributed by atoms with van der Waals surface area (Å²) in [6, 6.07) is 28.8. The molecule has 6 aromatic rings. The van der Waals surface area contributed by atoms with Gasteiger partial charge in [0, 0.05) is 107 Å². The third-order valence-electron chi connectivity index (χ3n) is 12.2. The molecule has 2 N–H and O–H groups in total. The Bertz CT molecular complexity index is 2890. The molecule has 1 saturated heterocycles. The monoisotopic (exact) mass is 1400 g/mol. The third-order valence-corrected chi connectivity index (χ3v) is 12.2. The van der Waals surface area contributed by atoms with Gasteiger partial charge in [-0.1, -0.05) is 108 Å². The maximum atomic E-state index is 13.8. The van der Waals surface area contributed by atoms with Crippen LogP contribution in [0.25, 0.3) is 56.2 Å². The van der Waals surface area contributed by atoms with Gasteiger partial charge in [-0.05, 0) is 113 Å². The maximum absolute atomic E-state index is 13.8. The summed E-state index contributed by atoms with van der Waals surface area (Å²) >= 11 is 6.39. The van der Waals surface area contributed by atoms with E-state index in [9.17, 15) is 33.7 Å². The summed E-state index contributed by atoms with van der Waals surface area (Å²) < 4.78 is 45.2. The van der Waals surface area contributed by atoms with E-state index in [1.165, 1.54) is 24.3 Å². The molecule has 16 heteroatoms. The van der Waals surface area contributed by atoms with Gasteiger partial charge in [0.25, 0.3) is 0 Å². The van der Waals surface area contributed by atoms with Gasteiger partial charge in [-0.2, -0.15) is 0 Å². The van der Waals surface area contributed by atoms with Crippen molar-refractivity contribution >= 4 is 106 Å². The van der Waals surface area contributed by atoms with Gasteiger partial charge in [0.15, 0.2) is 5.79 Å². The van der Waals surface area contributed by atoms with Gasteiger partial charge in [0.2, 0.25) is 0 Å². The van der Waals surface area contributed by atoms with E-state index in [0.717, 1.165) is 92.3 Å². The van der Waals surface area contributed by atoms with Gasteiger partial charge in [0.1, 0.15) is 17.2 Å². The van der Waals surface area contributed by atoms with E-state index in [1.807, 2.05) is 94.1 Å². The van der Waals surface area contributed by atoms with Crippen molar-refractivity contribution in [3.05, 3.63) is 143 Å². The summed E-state index contributed by atoms with van der Waals surface area (Å²) in [6.07, 6.45) is 8.99. The van der Waals surface area contributed by atoms with Crippen molar-refractivity contribution in [1.82, 2.24) is 9.97 Å². The maximum Gasteiger partial charge on any atom is 2.00 e. The van der Waals surface area contributed by atoms with E-state index in [0.29, 0.717) is 18.3 Å². The van der Waals surface area contributed by atoms with Crippen molar-refractivity contribution in [2.45, 2.75) is 134 Å². The number of pyridine rings is 2. The number of carboxylic acids is 1. The second-order valence-electron chi connectivity index (χ2n) is 19.7. The Hall–Kier alpha value is -3.37. The quantitative estimate of drug-likeness (QED) is 0.0467. The number of para-hydroxylation sites is 2. The van der Waals surface area contributed by atoms with Crippen molar-refractivity contribution in [3.63, 3.8) is 0 Å². The van der Waals surface area contributed by atoms with Crippen LogP contribution in [0.3, 0.4) is 0 Å². The molecule has 4 aromatic carbocycles. The minimum atomic E-state index is -1.36. The Labute approximate surface area is 482 Å². The van der Waals surface area contributed by atoms with Gasteiger partial charge < -0.3 is 34.3 Å². The van der Waals surface area contributed by atoms with Crippen molar-refractivity contribution < 1.29 is 67.4 Å². The van der Waals surface area contributed by atoms with Crippen LogP contribution >= 0.6 is 59.8 Å². The molecule has 0 bridgehead atoms. The van der Waals surface area contributed by atoms with Gasteiger partial charge in [-0.15, -0.1) is 0 Å². The number of aliphatic hydroxyl groups is 2. The topological polar surface area (TPSA) is 151 Å². The van der Waals surface area contributed by atoms with E-state index in [2.05, 4.69) is 78.0 Å². The second-order valence-corrected chi connectivity index (χ2v) is 19.7. The predicted molar refractivity (Wildman–Crippen MR) is 309 cm³/mol. The zero-order valence-corrected chi connectivity index (χ0v) is 51.9. The standard InChI is InChI=1S/C32H36FNO4.C25H24FNO4.CH3I.I2.Zn/c1-31(2,3)38-28(35)19-24-18-23(36-32(4,5)37-24)16-17-26-29(20-12-14-22(33)15-13-20)25-8-6-7-9-27(25)34-30(26)21-10-11-21;26-17-9-7-15(8-10-17)24-20-3-1-2-4-22(20)27-25(16-5-6-16)21(24)12-11-18(28)13-19(29)14-23(30)31;2*1-2;/h6-9,12-17,21,23-24H,10-11,18-19H2,1-5H3;1-4,7-12,16,18-19,28-29H,5-6,13-14H2,(H,30,31);1H3;;/q;;;;+2/p-1/b17-16+;12-11+;;;/t23-,24-;18-,19-;;;/m11.../s1. The van der Waals surface area contributed by atoms with Crippen molar-refractivity contribution in [3.8, 4) is 22.3 Å². The first kappa shape index (κ1) is 61.5. The van der Waals surface area contributed by atoms with E-state index in [1.54, 1.807) is 24.3 Å². The third kappa shape index (κ3) is 17.6. The number of carboxylic acid groups (broad SMARTS) is 1. The Morgan fingerprint density at radius 3 is 1.68 bits per heavy atom. The Morgan fingerprint density at radius 2 is 1.23 bits per heavy atom. The first-order chi connectivity index (χ1) is 34.9. The number of carbonyl (C=O) groups is 2. The molecule has 0 unspecified atom stereocenters. The fourth-order valence-corrected chi connectivity index (χ4v) is 9.02. The summed E-state index contributed by atoms with van der Waals surface area (Å²) in [7, 11) is 0. The fraction of sp³-hybridized carbons (Fsp3) is 0.379. The first-order valence-electron chi connectivity index (χ1n) is 24.3. The Morgan fingerprint density at radius 1 is 0.770 bits per heavy atom. The summed E-state index contributed by atoms with van der Waals surface area (Å²) in [5.74, 6) is -2.34. The molecule has 2 aromatic heterocycles. The zero-order chi connectivity index (χ0) is 53.0. The SMILES string of the molecule is CC(C)(C)OC(=O)C[C@H]1C[C@@H](/C=C/c2c(C3CC3)nc3ccccc3c2-c2ccc(F)cc2)OC(C)(C)O1.CI.II.O=C([O-])C[C@H](O)C[C@H](O)/C=C/c1c(C2CC2)nc2ccccc2c1-c1ccc(F)cc1.[Zn+2]. The molecular formula is C58H62F2I3N2O8Zn+. The van der Waals surface area contributed by atoms with Crippen molar-refractivity contribution in [1.29, 1.82) is 0 Å². The number of nitrogens with zero attached hydrogens (tertiary/aromatic N) is 2. The summed E-state index contributed by atoms with van der Waals surface area (Å²) in [5.41, 5.74) is 8.86. The number of ether oxygens (including phenoxy) is 3. The molecule has 3 aliphatic rings. The predicted octanol–water partition coefficient (Wildman–Crippen LogP) is 13.6. The van der Waals surface area contributed by atoms with E-state index in [4.69, 9.17) is 24.2 Å². The molecule has 1 aliphatic heterocycles. The molecular weight excluding hydrogens is 1340 g/mol. The van der Waals surface area contributed by atoms with Crippen LogP contribution in [-0.2, 0) is 43.3 Å². The van der Waals surface area contributed by atoms with Crippen LogP contribution in [0.1, 0.15) is 120 Å². The van der Waals surface area contributed by atoms with E-state index < -0.39 is 36.0 Å². The molecule has 3 heterocycles. The van der Waals surface area contributed by atoms with Crippen molar-refractivity contribution in [2.75, 3.05) is 4.93 Å². The molecule has 74 heavy (non-hydrogen) atoms. The largest absolute Gasteiger partial charge is 2.00 e. The number of hydrogen-bond acceptors (Lipinski definition) is 10. The van der Waals surface area contributed by atoms with E-state index >= 15 is 0 Å². The number of fused-ring (bicyclic) bond motifs is 2. The second kappa shape index (κ2) is 28.3. The minimum Gasteiger partial charge on any atom is -0.550 e. The Kier molecular flexibility index (Phi) is 23.5. The van der Waals surface area contributed by atoms with Gasteiger partial charge in [-0.3, -0.25) is 14.8 Å². The number of alkyl halides is 1. The van der Waals surface area contributed by atoms with Gasteiger partial charge >= 0.3 is 25.4 Å². The van der Waals surface area contributed by atoms with Crippen LogP contribution < -0.4 is 5.11 Å². The molecule has 3 fully saturated rings. The summed E-state index contributed by atoms with van der Waals surface area (Å²) in [5, 5.41) is 32.7. The summed E-state index contributed by atoms with van der Waals surface area (Å²) in [6.45, 7) is 9.31. The van der Waals surface area contributed by atoms with Gasteiger partial charge in [-0.25, -0.2) is 8.78 Å². The molecule has 2 aliphatic carbocycles. The number of aliphatic hydroxyl groups excluding tert-OH is 2. The zero-order valence-electron chi connectivity index (χ0n) is 42.5. The number of rotatable bonds is 14. The van der Waals surface area contributed by atoms with Crippen LogP contribution in [0.4, 0.5) is 8.78 Å². The number of carbonyl (C=O) groups excluding carboxylic acids is 2. The number of hydrogen-bond donors (Lipinski definition) is 2. The molecule has 10 nitrogen and oxygen atoms in total. The average Bonchev–Trinajstić information content (AvgIpc) is 4.29. The molecule has 0 radical (unpaired) electrons. The number of aromatic nitrogens is 2.